The van der Waals surface area contributed by atoms with Gasteiger partial charge in [0.25, 0.3) is 5.91 Å². The van der Waals surface area contributed by atoms with Crippen LogP contribution in [-0.2, 0) is 22.3 Å². The second-order valence-electron chi connectivity index (χ2n) is 10.9. The van der Waals surface area contributed by atoms with Crippen molar-refractivity contribution < 1.29 is 32.3 Å². The van der Waals surface area contributed by atoms with Gasteiger partial charge in [-0.3, -0.25) is 29.6 Å². The van der Waals surface area contributed by atoms with Gasteiger partial charge in [0.15, 0.2) is 0 Å². The molecule has 1 aliphatic carbocycles. The number of hydrogen-bond donors (Lipinski definition) is 1. The second kappa shape index (κ2) is 9.93. The number of carbonyl (C=O) groups excluding carboxylic acids is 3. The monoisotopic (exact) mass is 542 g/mol. The van der Waals surface area contributed by atoms with Crippen LogP contribution in [0.5, 0.6) is 5.75 Å². The van der Waals surface area contributed by atoms with Crippen LogP contribution in [-0.4, -0.2) is 63.8 Å². The maximum absolute atomic E-state index is 13.1. The van der Waals surface area contributed by atoms with Crippen molar-refractivity contribution in [2.75, 3.05) is 13.1 Å². The Labute approximate surface area is 223 Å². The minimum Gasteiger partial charge on any atom is -0.489 e. The first kappa shape index (κ1) is 25.8. The summed E-state index contributed by atoms with van der Waals surface area (Å²) in [7, 11) is 0. The Morgan fingerprint density at radius 1 is 1.00 bits per heavy atom. The van der Waals surface area contributed by atoms with Crippen molar-refractivity contribution in [3.8, 4) is 5.75 Å². The number of nitrogens with one attached hydrogen (secondary N) is 1. The molecule has 1 aromatic carbocycles. The Balaban J connectivity index is 1.11. The van der Waals surface area contributed by atoms with Crippen LogP contribution in [0.25, 0.3) is 0 Å². The molecule has 0 radical (unpaired) electrons. The van der Waals surface area contributed by atoms with E-state index in [-0.39, 0.29) is 42.8 Å². The smallest absolute Gasteiger partial charge is 0.417 e. The molecule has 1 N–H and O–H groups in total. The van der Waals surface area contributed by atoms with Gasteiger partial charge in [-0.15, -0.1) is 0 Å². The zero-order valence-corrected chi connectivity index (χ0v) is 21.2. The average Bonchev–Trinajstić information content (AvgIpc) is 3.19. The van der Waals surface area contributed by atoms with Crippen molar-refractivity contribution in [1.29, 1.82) is 0 Å². The molecule has 11 heteroatoms. The maximum atomic E-state index is 13.1. The van der Waals surface area contributed by atoms with Gasteiger partial charge < -0.3 is 9.64 Å². The molecule has 1 saturated carbocycles. The highest BCUT2D eigenvalue weighted by molar-refractivity contribution is 6.05. The second-order valence-corrected chi connectivity index (χ2v) is 10.9. The van der Waals surface area contributed by atoms with Crippen molar-refractivity contribution in [3.05, 3.63) is 58.9 Å². The number of amides is 3. The number of ether oxygens (including phenoxy) is 1. The van der Waals surface area contributed by atoms with E-state index in [1.54, 1.807) is 12.1 Å². The van der Waals surface area contributed by atoms with E-state index in [2.05, 4.69) is 15.2 Å². The lowest BCUT2D eigenvalue weighted by atomic mass is 9.84. The van der Waals surface area contributed by atoms with Gasteiger partial charge >= 0.3 is 6.18 Å². The Morgan fingerprint density at radius 3 is 2.56 bits per heavy atom. The lowest BCUT2D eigenvalue weighted by Crippen LogP contribution is -2.57. The predicted octanol–water partition coefficient (Wildman–Crippen LogP) is 3.65. The highest BCUT2D eigenvalue weighted by atomic mass is 19.4. The van der Waals surface area contributed by atoms with Crippen molar-refractivity contribution >= 4 is 17.7 Å². The third kappa shape index (κ3) is 4.99. The van der Waals surface area contributed by atoms with E-state index in [1.807, 2.05) is 6.07 Å². The summed E-state index contributed by atoms with van der Waals surface area (Å²) in [6.07, 6.45) is 2.34. The van der Waals surface area contributed by atoms with Gasteiger partial charge in [-0.2, -0.15) is 13.2 Å². The van der Waals surface area contributed by atoms with E-state index < -0.39 is 23.7 Å². The fourth-order valence-corrected chi connectivity index (χ4v) is 6.26. The number of fused-ring (bicyclic) bond motifs is 1. The molecule has 3 fully saturated rings. The van der Waals surface area contributed by atoms with Crippen LogP contribution in [0, 0.1) is 0 Å². The molecule has 4 aliphatic rings. The highest BCUT2D eigenvalue weighted by Crippen LogP contribution is 2.38. The molecule has 39 heavy (non-hydrogen) atoms. The number of pyridine rings is 1. The molecule has 2 aromatic rings. The molecule has 8 nitrogen and oxygen atoms in total. The lowest BCUT2D eigenvalue weighted by Gasteiger charge is -2.48. The summed E-state index contributed by atoms with van der Waals surface area (Å²) in [4.78, 5) is 44.4. The topological polar surface area (TPSA) is 91.8 Å². The van der Waals surface area contributed by atoms with Gasteiger partial charge in [-0.1, -0.05) is 6.42 Å². The molecule has 1 aromatic heterocycles. The minimum absolute atomic E-state index is 0.00616. The van der Waals surface area contributed by atoms with Gasteiger partial charge in [0, 0.05) is 56.0 Å². The number of aromatic nitrogens is 1. The van der Waals surface area contributed by atoms with Crippen LogP contribution >= 0.6 is 0 Å². The average molecular weight is 543 g/mol. The van der Waals surface area contributed by atoms with Crippen molar-refractivity contribution in [1.82, 2.24) is 20.1 Å². The summed E-state index contributed by atoms with van der Waals surface area (Å²) >= 11 is 0. The van der Waals surface area contributed by atoms with Crippen molar-refractivity contribution in [3.63, 3.8) is 0 Å². The van der Waals surface area contributed by atoms with E-state index in [0.717, 1.165) is 37.4 Å². The van der Waals surface area contributed by atoms with Crippen molar-refractivity contribution in [2.45, 2.75) is 75.4 Å². The number of rotatable bonds is 5. The molecule has 3 atom stereocenters. The summed E-state index contributed by atoms with van der Waals surface area (Å²) in [5, 5.41) is 2.31. The van der Waals surface area contributed by atoms with Gasteiger partial charge in [-0.25, -0.2) is 0 Å². The first-order valence-corrected chi connectivity index (χ1v) is 13.4. The first-order valence-electron chi connectivity index (χ1n) is 13.4. The zero-order valence-electron chi connectivity index (χ0n) is 21.2. The quantitative estimate of drug-likeness (QED) is 0.580. The molecule has 4 heterocycles. The molecule has 0 spiro atoms. The zero-order chi connectivity index (χ0) is 27.3. The predicted molar refractivity (Wildman–Crippen MR) is 133 cm³/mol. The molecule has 0 bridgehead atoms. The fraction of sp³-hybridized carbons (Fsp3) is 0.500. The van der Waals surface area contributed by atoms with E-state index in [9.17, 15) is 27.6 Å². The van der Waals surface area contributed by atoms with Crippen LogP contribution in [0.1, 0.15) is 71.5 Å². The molecule has 2 saturated heterocycles. The maximum Gasteiger partial charge on any atom is 0.417 e. The van der Waals surface area contributed by atoms with Crippen LogP contribution in [0.15, 0.2) is 36.7 Å². The van der Waals surface area contributed by atoms with E-state index in [1.165, 1.54) is 17.2 Å². The summed E-state index contributed by atoms with van der Waals surface area (Å²) in [5.74, 6) is -0.326. The Kier molecular flexibility index (Phi) is 6.57. The lowest BCUT2D eigenvalue weighted by molar-refractivity contribution is -0.138. The summed E-state index contributed by atoms with van der Waals surface area (Å²) in [6.45, 7) is 1.60. The molecule has 1 unspecified atom stereocenters. The number of alkyl halides is 3. The third-order valence-electron chi connectivity index (χ3n) is 8.39. The Morgan fingerprint density at radius 2 is 1.79 bits per heavy atom. The SMILES string of the molecule is O=C1CCC(N2Cc3cc(O[C@@H]4CCCC[C@H]4N4CC(c5cncc(C(F)(F)F)c5)C4)ccc3C2=O)C(=O)N1. The summed E-state index contributed by atoms with van der Waals surface area (Å²) in [6, 6.07) is 6.07. The standard InChI is InChI=1S/C28H29F3N4O4/c29-28(30,31)19-9-16(11-32-12-19)18-13-34(14-18)22-3-1-2-4-24(22)39-20-5-6-21-17(10-20)15-35(27(21)38)23-7-8-25(36)33-26(23)37/h5-6,9-12,18,22-24H,1-4,7-8,13-15H2,(H,33,36,37)/t22-,23?,24-/m1/s1. The molecule has 3 amide bonds. The largest absolute Gasteiger partial charge is 0.489 e. The summed E-state index contributed by atoms with van der Waals surface area (Å²) in [5.41, 5.74) is 1.21. The van der Waals surface area contributed by atoms with E-state index in [0.29, 0.717) is 36.4 Å². The van der Waals surface area contributed by atoms with Crippen LogP contribution < -0.4 is 10.1 Å². The van der Waals surface area contributed by atoms with Crippen LogP contribution in [0.4, 0.5) is 13.2 Å². The Bertz CT molecular complexity index is 1310. The van der Waals surface area contributed by atoms with E-state index >= 15 is 0 Å². The van der Waals surface area contributed by atoms with Gasteiger partial charge in [0.05, 0.1) is 5.56 Å². The number of carbonyl (C=O) groups is 3. The summed E-state index contributed by atoms with van der Waals surface area (Å²) < 4.78 is 45.8. The Hall–Kier alpha value is -3.47. The molecular formula is C28H29F3N4O4. The van der Waals surface area contributed by atoms with Crippen LogP contribution in [0.2, 0.25) is 0 Å². The normalized spacial score (nSPS) is 26.3. The number of imide groups is 1. The van der Waals surface area contributed by atoms with Crippen LogP contribution in [0.3, 0.4) is 0 Å². The fourth-order valence-electron chi connectivity index (χ4n) is 6.26. The first-order chi connectivity index (χ1) is 18.7. The number of benzene rings is 1. The molecule has 206 valence electrons. The number of nitrogens with zero attached hydrogens (tertiary/aromatic N) is 3. The van der Waals surface area contributed by atoms with Gasteiger partial charge in [0.1, 0.15) is 17.9 Å². The molecule has 6 rings (SSSR count). The van der Waals surface area contributed by atoms with Gasteiger partial charge in [0.2, 0.25) is 11.8 Å². The number of piperidine rings is 1. The number of hydrogen-bond acceptors (Lipinski definition) is 6. The minimum atomic E-state index is -4.41. The number of halogens is 3. The van der Waals surface area contributed by atoms with Crippen molar-refractivity contribution in [2.24, 2.45) is 0 Å². The third-order valence-corrected chi connectivity index (χ3v) is 8.39. The van der Waals surface area contributed by atoms with E-state index in [4.69, 9.17) is 4.74 Å². The molecule has 3 aliphatic heterocycles. The highest BCUT2D eigenvalue weighted by Gasteiger charge is 2.42. The number of likely N-dealkylation sites (tertiary alicyclic amines) is 1. The van der Waals surface area contributed by atoms with Gasteiger partial charge in [-0.05, 0) is 61.1 Å². The molecular weight excluding hydrogens is 513 g/mol.